The average Bonchev–Trinajstić information content (AvgIpc) is 3.65. The summed E-state index contributed by atoms with van der Waals surface area (Å²) in [7, 11) is 0. The SMILES string of the molecule is C1=CC(c2nc(-c3ccccc3)nc(-c3ccc(-n4c5ccccc5c5ccc6c7ccccc7oc6c54)cc3)n2)=CCC1. The number of rotatable bonds is 4. The Bertz CT molecular complexity index is 2430. The predicted molar refractivity (Wildman–Crippen MR) is 179 cm³/mol. The highest BCUT2D eigenvalue weighted by Gasteiger charge is 2.19. The molecule has 0 bridgehead atoms. The molecule has 5 nitrogen and oxygen atoms in total. The second kappa shape index (κ2) is 9.89. The molecule has 44 heavy (non-hydrogen) atoms. The van der Waals surface area contributed by atoms with Crippen molar-refractivity contribution in [1.82, 2.24) is 19.5 Å². The topological polar surface area (TPSA) is 56.7 Å². The van der Waals surface area contributed by atoms with Crippen molar-refractivity contribution < 1.29 is 4.42 Å². The normalized spacial score (nSPS) is 13.3. The third-order valence-corrected chi connectivity index (χ3v) is 8.48. The number of fused-ring (bicyclic) bond motifs is 7. The van der Waals surface area contributed by atoms with Crippen molar-refractivity contribution in [2.45, 2.75) is 12.8 Å². The lowest BCUT2D eigenvalue weighted by atomic mass is 10.1. The molecule has 5 aromatic carbocycles. The van der Waals surface area contributed by atoms with E-state index in [1.807, 2.05) is 42.5 Å². The Hall–Kier alpha value is -5.81. The highest BCUT2D eigenvalue weighted by atomic mass is 16.3. The Morgan fingerprint density at radius 1 is 0.545 bits per heavy atom. The van der Waals surface area contributed by atoms with Crippen molar-refractivity contribution in [3.63, 3.8) is 0 Å². The van der Waals surface area contributed by atoms with Crippen molar-refractivity contribution in [1.29, 1.82) is 0 Å². The fourth-order valence-corrected chi connectivity index (χ4v) is 6.39. The summed E-state index contributed by atoms with van der Waals surface area (Å²) in [6.45, 7) is 0. The zero-order valence-electron chi connectivity index (χ0n) is 23.8. The van der Waals surface area contributed by atoms with Gasteiger partial charge in [0.1, 0.15) is 5.58 Å². The zero-order chi connectivity index (χ0) is 29.0. The molecular formula is C39H26N4O. The average molecular weight is 567 g/mol. The molecule has 0 atom stereocenters. The molecule has 3 heterocycles. The molecule has 1 aliphatic rings. The molecular weight excluding hydrogens is 540 g/mol. The summed E-state index contributed by atoms with van der Waals surface area (Å²) >= 11 is 0. The summed E-state index contributed by atoms with van der Waals surface area (Å²) in [4.78, 5) is 14.7. The monoisotopic (exact) mass is 566 g/mol. The highest BCUT2D eigenvalue weighted by Crippen LogP contribution is 2.40. The van der Waals surface area contributed by atoms with Crippen LogP contribution in [0.25, 0.3) is 77.8 Å². The quantitative estimate of drug-likeness (QED) is 0.213. The number of furan rings is 1. The van der Waals surface area contributed by atoms with Gasteiger partial charge in [-0.25, -0.2) is 15.0 Å². The fourth-order valence-electron chi connectivity index (χ4n) is 6.39. The van der Waals surface area contributed by atoms with Gasteiger partial charge in [0.2, 0.25) is 0 Å². The van der Waals surface area contributed by atoms with Gasteiger partial charge in [0.25, 0.3) is 0 Å². The van der Waals surface area contributed by atoms with E-state index in [0.29, 0.717) is 17.5 Å². The van der Waals surface area contributed by atoms with Crippen molar-refractivity contribution in [2.75, 3.05) is 0 Å². The second-order valence-electron chi connectivity index (χ2n) is 11.1. The van der Waals surface area contributed by atoms with Crippen LogP contribution in [0.5, 0.6) is 0 Å². The Kier molecular flexibility index (Phi) is 5.56. The van der Waals surface area contributed by atoms with Crippen molar-refractivity contribution in [3.05, 3.63) is 139 Å². The van der Waals surface area contributed by atoms with Gasteiger partial charge in [-0.3, -0.25) is 0 Å². The molecule has 0 N–H and O–H groups in total. The number of hydrogen-bond acceptors (Lipinski definition) is 4. The molecule has 3 aromatic heterocycles. The number of allylic oxidation sites excluding steroid dienone is 4. The van der Waals surface area contributed by atoms with E-state index in [2.05, 4.69) is 95.6 Å². The van der Waals surface area contributed by atoms with E-state index in [-0.39, 0.29) is 0 Å². The van der Waals surface area contributed by atoms with Crippen LogP contribution in [0.15, 0.2) is 138 Å². The van der Waals surface area contributed by atoms with Gasteiger partial charge in [0.05, 0.1) is 11.0 Å². The van der Waals surface area contributed by atoms with Crippen LogP contribution in [0.4, 0.5) is 0 Å². The number of benzene rings is 5. The Labute approximate surface area is 253 Å². The first kappa shape index (κ1) is 24.8. The molecule has 0 saturated carbocycles. The standard InChI is InChI=1S/C39H26N4O/c1-3-11-25(12-4-1)37-40-38(26-13-5-2-6-14-26)42-39(41-37)27-19-21-28(22-20-27)43-33-17-9-7-15-29(33)31-23-24-32-30-16-8-10-18-34(30)44-36(32)35(31)43/h1,3-5,7-24H,2,6H2. The van der Waals surface area contributed by atoms with Crippen LogP contribution in [0.1, 0.15) is 18.7 Å². The summed E-state index contributed by atoms with van der Waals surface area (Å²) < 4.78 is 8.83. The number of para-hydroxylation sites is 2. The van der Waals surface area contributed by atoms with Crippen LogP contribution < -0.4 is 0 Å². The minimum atomic E-state index is 0.655. The summed E-state index contributed by atoms with van der Waals surface area (Å²) in [5, 5.41) is 4.60. The van der Waals surface area contributed by atoms with Crippen molar-refractivity contribution in [3.8, 4) is 28.5 Å². The number of nitrogens with zero attached hydrogens (tertiary/aromatic N) is 4. The Balaban J connectivity index is 1.23. The smallest absolute Gasteiger partial charge is 0.164 e. The van der Waals surface area contributed by atoms with E-state index >= 15 is 0 Å². The lowest BCUT2D eigenvalue weighted by molar-refractivity contribution is 0.671. The molecule has 0 unspecified atom stereocenters. The molecule has 0 amide bonds. The maximum atomic E-state index is 6.52. The van der Waals surface area contributed by atoms with Gasteiger partial charge < -0.3 is 8.98 Å². The molecule has 208 valence electrons. The van der Waals surface area contributed by atoms with E-state index in [0.717, 1.165) is 68.2 Å². The fraction of sp³-hybridized carbons (Fsp3) is 0.0513. The van der Waals surface area contributed by atoms with Crippen LogP contribution >= 0.6 is 0 Å². The lowest BCUT2D eigenvalue weighted by Gasteiger charge is -2.12. The van der Waals surface area contributed by atoms with Gasteiger partial charge in [0.15, 0.2) is 23.1 Å². The van der Waals surface area contributed by atoms with Crippen LogP contribution in [0, 0.1) is 0 Å². The van der Waals surface area contributed by atoms with E-state index in [1.54, 1.807) is 0 Å². The van der Waals surface area contributed by atoms with Crippen LogP contribution in [-0.4, -0.2) is 19.5 Å². The highest BCUT2D eigenvalue weighted by molar-refractivity contribution is 6.21. The van der Waals surface area contributed by atoms with Gasteiger partial charge in [0, 0.05) is 43.9 Å². The number of aromatic nitrogens is 4. The molecule has 0 saturated heterocycles. The third-order valence-electron chi connectivity index (χ3n) is 8.48. The molecule has 0 fully saturated rings. The van der Waals surface area contributed by atoms with Gasteiger partial charge >= 0.3 is 0 Å². The maximum absolute atomic E-state index is 6.52. The second-order valence-corrected chi connectivity index (χ2v) is 11.1. The van der Waals surface area contributed by atoms with Gasteiger partial charge in [-0.1, -0.05) is 91.0 Å². The predicted octanol–water partition coefficient (Wildman–Crippen LogP) is 9.94. The zero-order valence-corrected chi connectivity index (χ0v) is 23.8. The molecule has 8 aromatic rings. The van der Waals surface area contributed by atoms with E-state index < -0.39 is 0 Å². The molecule has 0 spiro atoms. The molecule has 9 rings (SSSR count). The summed E-state index contributed by atoms with van der Waals surface area (Å²) in [6.07, 6.45) is 8.52. The summed E-state index contributed by atoms with van der Waals surface area (Å²) in [5.74, 6) is 2.02. The van der Waals surface area contributed by atoms with E-state index in [9.17, 15) is 0 Å². The van der Waals surface area contributed by atoms with Crippen molar-refractivity contribution in [2.24, 2.45) is 0 Å². The third kappa shape index (κ3) is 3.90. The minimum absolute atomic E-state index is 0.655. The van der Waals surface area contributed by atoms with E-state index in [4.69, 9.17) is 19.4 Å². The largest absolute Gasteiger partial charge is 0.454 e. The first-order valence-corrected chi connectivity index (χ1v) is 14.9. The van der Waals surface area contributed by atoms with Crippen LogP contribution in [-0.2, 0) is 0 Å². The first-order chi connectivity index (χ1) is 21.8. The minimum Gasteiger partial charge on any atom is -0.454 e. The van der Waals surface area contributed by atoms with Crippen LogP contribution in [0.3, 0.4) is 0 Å². The Morgan fingerprint density at radius 3 is 2.02 bits per heavy atom. The summed E-state index contributed by atoms with van der Waals surface area (Å²) in [5.41, 5.74) is 7.97. The molecule has 0 aliphatic heterocycles. The molecule has 5 heteroatoms. The van der Waals surface area contributed by atoms with Crippen molar-refractivity contribution >= 4 is 49.3 Å². The maximum Gasteiger partial charge on any atom is 0.164 e. The van der Waals surface area contributed by atoms with Gasteiger partial charge in [-0.05, 0) is 55.3 Å². The first-order valence-electron chi connectivity index (χ1n) is 14.9. The van der Waals surface area contributed by atoms with E-state index in [1.165, 1.54) is 10.8 Å². The Morgan fingerprint density at radius 2 is 1.23 bits per heavy atom. The van der Waals surface area contributed by atoms with Gasteiger partial charge in [-0.2, -0.15) is 0 Å². The summed E-state index contributed by atoms with van der Waals surface area (Å²) in [6, 6.07) is 39.8. The number of hydrogen-bond donors (Lipinski definition) is 0. The molecule has 1 aliphatic carbocycles. The lowest BCUT2D eigenvalue weighted by Crippen LogP contribution is -2.03. The van der Waals surface area contributed by atoms with Gasteiger partial charge in [-0.15, -0.1) is 0 Å². The van der Waals surface area contributed by atoms with Crippen LogP contribution in [0.2, 0.25) is 0 Å². The molecule has 0 radical (unpaired) electrons.